The van der Waals surface area contributed by atoms with E-state index < -0.39 is 0 Å². The van der Waals surface area contributed by atoms with Gasteiger partial charge in [0.25, 0.3) is 0 Å². The van der Waals surface area contributed by atoms with Crippen LogP contribution in [-0.4, -0.2) is 28.9 Å². The summed E-state index contributed by atoms with van der Waals surface area (Å²) in [7, 11) is 0. The predicted octanol–water partition coefficient (Wildman–Crippen LogP) is 2.77. The molecule has 1 aromatic rings. The van der Waals surface area contributed by atoms with Gasteiger partial charge in [0.1, 0.15) is 0 Å². The molecule has 0 aromatic heterocycles. The highest BCUT2D eigenvalue weighted by atomic mass is 35.5. The fourth-order valence-electron chi connectivity index (χ4n) is 1.94. The monoisotopic (exact) mass is 238 g/mol. The fraction of sp³-hybridized carbons (Fsp3) is 0.417. The van der Waals surface area contributed by atoms with E-state index in [-0.39, 0.29) is 0 Å². The van der Waals surface area contributed by atoms with E-state index in [0.29, 0.717) is 0 Å². The molecule has 4 heteroatoms. The maximum atomic E-state index is 8.66. The van der Waals surface area contributed by atoms with Gasteiger partial charge in [0, 0.05) is 37.5 Å². The van der Waals surface area contributed by atoms with Gasteiger partial charge in [0.15, 0.2) is 0 Å². The van der Waals surface area contributed by atoms with Gasteiger partial charge in [-0.1, -0.05) is 35.0 Å². The lowest BCUT2D eigenvalue weighted by Crippen LogP contribution is -2.33. The van der Waals surface area contributed by atoms with Crippen LogP contribution < -0.4 is 0 Å². The van der Waals surface area contributed by atoms with Gasteiger partial charge in [-0.05, 0) is 11.6 Å². The minimum absolute atomic E-state index is 0.823. The third-order valence-corrected chi connectivity index (χ3v) is 3.30. The quantitative estimate of drug-likeness (QED) is 0.635. The predicted molar refractivity (Wildman–Crippen MR) is 65.2 cm³/mol. The lowest BCUT2D eigenvalue weighted by Gasteiger charge is -2.27. The van der Waals surface area contributed by atoms with Crippen molar-refractivity contribution in [2.45, 2.75) is 19.4 Å². The number of hydrogen-bond donors (Lipinski definition) is 1. The molecule has 0 amide bonds. The van der Waals surface area contributed by atoms with Crippen molar-refractivity contribution >= 4 is 17.3 Å². The van der Waals surface area contributed by atoms with Crippen molar-refractivity contribution in [2.24, 2.45) is 5.16 Å². The molecule has 0 spiro atoms. The van der Waals surface area contributed by atoms with Crippen molar-refractivity contribution in [1.82, 2.24) is 4.90 Å². The van der Waals surface area contributed by atoms with Crippen LogP contribution in [0.15, 0.2) is 29.4 Å². The molecule has 86 valence electrons. The Bertz CT molecular complexity index is 382. The van der Waals surface area contributed by atoms with Gasteiger partial charge in [-0.25, -0.2) is 0 Å². The number of halogens is 1. The van der Waals surface area contributed by atoms with Crippen molar-refractivity contribution in [2.75, 3.05) is 13.1 Å². The molecule has 0 atom stereocenters. The van der Waals surface area contributed by atoms with Crippen LogP contribution in [0, 0.1) is 0 Å². The fourth-order valence-corrected chi connectivity index (χ4v) is 2.13. The van der Waals surface area contributed by atoms with Crippen LogP contribution in [0.2, 0.25) is 5.02 Å². The van der Waals surface area contributed by atoms with E-state index >= 15 is 0 Å². The van der Waals surface area contributed by atoms with Crippen LogP contribution in [0.1, 0.15) is 18.4 Å². The van der Waals surface area contributed by atoms with Crippen LogP contribution in [-0.2, 0) is 6.54 Å². The Kier molecular flexibility index (Phi) is 3.80. The third kappa shape index (κ3) is 2.74. The van der Waals surface area contributed by atoms with Crippen molar-refractivity contribution in [3.05, 3.63) is 34.9 Å². The van der Waals surface area contributed by atoms with Gasteiger partial charge in [0.2, 0.25) is 0 Å². The molecular weight excluding hydrogens is 224 g/mol. The number of nitrogens with zero attached hydrogens (tertiary/aromatic N) is 2. The topological polar surface area (TPSA) is 35.8 Å². The van der Waals surface area contributed by atoms with E-state index in [2.05, 4.69) is 16.1 Å². The van der Waals surface area contributed by atoms with Crippen LogP contribution >= 0.6 is 11.6 Å². The van der Waals surface area contributed by atoms with Crippen molar-refractivity contribution in [3.63, 3.8) is 0 Å². The molecule has 1 aliphatic heterocycles. The molecule has 0 radical (unpaired) electrons. The number of hydrogen-bond acceptors (Lipinski definition) is 3. The molecule has 1 aliphatic rings. The minimum atomic E-state index is 0.823. The summed E-state index contributed by atoms with van der Waals surface area (Å²) in [5, 5.41) is 12.8. The number of rotatable bonds is 2. The maximum absolute atomic E-state index is 8.66. The Hall–Kier alpha value is -1.06. The van der Waals surface area contributed by atoms with E-state index in [0.717, 1.165) is 48.8 Å². The first-order valence-electron chi connectivity index (χ1n) is 5.45. The highest BCUT2D eigenvalue weighted by Gasteiger charge is 2.16. The molecule has 0 saturated carbocycles. The zero-order valence-corrected chi connectivity index (χ0v) is 9.82. The second-order valence-electron chi connectivity index (χ2n) is 4.03. The van der Waals surface area contributed by atoms with Crippen LogP contribution in [0.4, 0.5) is 0 Å². The SMILES string of the molecule is ON=C1CCN(Cc2ccccc2Cl)CC1. The molecule has 1 N–H and O–H groups in total. The molecule has 0 bridgehead atoms. The summed E-state index contributed by atoms with van der Waals surface area (Å²) in [6.45, 7) is 2.74. The van der Waals surface area contributed by atoms with Crippen LogP contribution in [0.3, 0.4) is 0 Å². The smallest absolute Gasteiger partial charge is 0.0596 e. The Balaban J connectivity index is 1.94. The highest BCUT2D eigenvalue weighted by Crippen LogP contribution is 2.18. The molecule has 0 aliphatic carbocycles. The molecule has 16 heavy (non-hydrogen) atoms. The van der Waals surface area contributed by atoms with Gasteiger partial charge >= 0.3 is 0 Å². The second kappa shape index (κ2) is 5.32. The van der Waals surface area contributed by atoms with Crippen molar-refractivity contribution in [1.29, 1.82) is 0 Å². The summed E-state index contributed by atoms with van der Waals surface area (Å²) >= 11 is 6.11. The Morgan fingerprint density at radius 1 is 1.25 bits per heavy atom. The van der Waals surface area contributed by atoms with Gasteiger partial charge in [-0.2, -0.15) is 0 Å². The Morgan fingerprint density at radius 3 is 2.56 bits per heavy atom. The summed E-state index contributed by atoms with van der Waals surface area (Å²) in [4.78, 5) is 2.33. The molecule has 1 saturated heterocycles. The average Bonchev–Trinajstić information content (AvgIpc) is 2.33. The number of oxime groups is 1. The van der Waals surface area contributed by atoms with E-state index in [1.54, 1.807) is 0 Å². The van der Waals surface area contributed by atoms with Crippen LogP contribution in [0.5, 0.6) is 0 Å². The first kappa shape index (κ1) is 11.4. The van der Waals surface area contributed by atoms with E-state index in [1.807, 2.05) is 18.2 Å². The zero-order valence-electron chi connectivity index (χ0n) is 9.06. The number of likely N-dealkylation sites (tertiary alicyclic amines) is 1. The first-order chi connectivity index (χ1) is 7.79. The summed E-state index contributed by atoms with van der Waals surface area (Å²) < 4.78 is 0. The van der Waals surface area contributed by atoms with E-state index in [4.69, 9.17) is 16.8 Å². The van der Waals surface area contributed by atoms with E-state index in [9.17, 15) is 0 Å². The lowest BCUT2D eigenvalue weighted by molar-refractivity contribution is 0.256. The molecular formula is C12H15ClN2O. The summed E-state index contributed by atoms with van der Waals surface area (Å²) in [5.41, 5.74) is 2.06. The molecule has 1 fully saturated rings. The summed E-state index contributed by atoms with van der Waals surface area (Å²) in [6, 6.07) is 7.92. The molecule has 3 nitrogen and oxygen atoms in total. The lowest BCUT2D eigenvalue weighted by atomic mass is 10.1. The van der Waals surface area contributed by atoms with Gasteiger partial charge in [-0.15, -0.1) is 0 Å². The van der Waals surface area contributed by atoms with E-state index in [1.165, 1.54) is 0 Å². The molecule has 1 heterocycles. The summed E-state index contributed by atoms with van der Waals surface area (Å²) in [5.74, 6) is 0. The first-order valence-corrected chi connectivity index (χ1v) is 5.83. The van der Waals surface area contributed by atoms with Gasteiger partial charge in [0.05, 0.1) is 5.71 Å². The Morgan fingerprint density at radius 2 is 1.94 bits per heavy atom. The van der Waals surface area contributed by atoms with Gasteiger partial charge in [-0.3, -0.25) is 4.90 Å². The maximum Gasteiger partial charge on any atom is 0.0596 e. The number of piperidine rings is 1. The average molecular weight is 239 g/mol. The molecule has 2 rings (SSSR count). The summed E-state index contributed by atoms with van der Waals surface area (Å²) in [6.07, 6.45) is 1.70. The molecule has 0 unspecified atom stereocenters. The van der Waals surface area contributed by atoms with Crippen molar-refractivity contribution in [3.8, 4) is 0 Å². The Labute approximate surface area is 100 Å². The van der Waals surface area contributed by atoms with Crippen molar-refractivity contribution < 1.29 is 5.21 Å². The standard InChI is InChI=1S/C12H15ClN2O/c13-12-4-2-1-3-10(12)9-15-7-5-11(14-16)6-8-15/h1-4,16H,5-9H2. The van der Waals surface area contributed by atoms with Gasteiger partial charge < -0.3 is 5.21 Å². The van der Waals surface area contributed by atoms with Crippen LogP contribution in [0.25, 0.3) is 0 Å². The largest absolute Gasteiger partial charge is 0.411 e. The normalized spacial score (nSPS) is 17.4. The zero-order chi connectivity index (χ0) is 11.4. The minimum Gasteiger partial charge on any atom is -0.411 e. The number of benzene rings is 1. The highest BCUT2D eigenvalue weighted by molar-refractivity contribution is 6.31. The third-order valence-electron chi connectivity index (χ3n) is 2.93. The second-order valence-corrected chi connectivity index (χ2v) is 4.44. The molecule has 1 aromatic carbocycles.